The van der Waals surface area contributed by atoms with Crippen LogP contribution in [0, 0.1) is 0 Å². The van der Waals surface area contributed by atoms with Gasteiger partial charge in [-0.2, -0.15) is 0 Å². The van der Waals surface area contributed by atoms with Crippen molar-refractivity contribution in [3.63, 3.8) is 0 Å². The molecule has 0 saturated heterocycles. The van der Waals surface area contributed by atoms with Gasteiger partial charge in [0.05, 0.1) is 42.7 Å². The predicted octanol–water partition coefficient (Wildman–Crippen LogP) is 8.83. The van der Waals surface area contributed by atoms with Crippen molar-refractivity contribution < 1.29 is 9.59 Å². The first kappa shape index (κ1) is 34.5. The molecule has 0 aliphatic heterocycles. The number of imidazole rings is 1. The molecule has 7 nitrogen and oxygen atoms in total. The number of amides is 2. The summed E-state index contributed by atoms with van der Waals surface area (Å²) < 4.78 is 0. The Hall–Kier alpha value is -5.34. The van der Waals surface area contributed by atoms with Crippen LogP contribution in [-0.2, 0) is 35.5 Å². The van der Waals surface area contributed by atoms with Crippen LogP contribution in [0.2, 0.25) is 0 Å². The van der Waals surface area contributed by atoms with Gasteiger partial charge in [-0.1, -0.05) is 123 Å². The van der Waals surface area contributed by atoms with Crippen molar-refractivity contribution in [2.24, 2.45) is 0 Å². The normalized spacial score (nSPS) is 11.0. The summed E-state index contributed by atoms with van der Waals surface area (Å²) in [6.45, 7) is 6.56. The van der Waals surface area contributed by atoms with Crippen molar-refractivity contribution in [2.75, 3.05) is 13.1 Å². The number of nitrogens with one attached hydrogen (secondary N) is 1. The van der Waals surface area contributed by atoms with Crippen LogP contribution in [0.5, 0.6) is 0 Å². The maximum atomic E-state index is 13.1. The van der Waals surface area contributed by atoms with Crippen molar-refractivity contribution in [3.8, 4) is 32.8 Å². The molecule has 2 heterocycles. The molecule has 0 unspecified atom stereocenters. The highest BCUT2D eigenvalue weighted by Crippen LogP contribution is 2.30. The van der Waals surface area contributed by atoms with E-state index in [-0.39, 0.29) is 11.8 Å². The third kappa shape index (κ3) is 9.01. The summed E-state index contributed by atoms with van der Waals surface area (Å²) in [6, 6.07) is 36.8. The third-order valence-electron chi connectivity index (χ3n) is 8.64. The molecule has 0 spiro atoms. The molecule has 0 aliphatic rings. The Morgan fingerprint density at radius 3 is 1.64 bits per heavy atom. The topological polar surface area (TPSA) is 82.2 Å². The van der Waals surface area contributed by atoms with Gasteiger partial charge in [-0.3, -0.25) is 9.59 Å². The number of hydrogen-bond donors (Lipinski definition) is 1. The number of hydrogen-bond acceptors (Lipinski definition) is 5. The number of benzene rings is 4. The summed E-state index contributed by atoms with van der Waals surface area (Å²) in [5.74, 6) is 1.01. The van der Waals surface area contributed by atoms with E-state index in [1.54, 1.807) is 11.3 Å². The molecule has 1 N–H and O–H groups in total. The van der Waals surface area contributed by atoms with Crippen molar-refractivity contribution in [1.82, 2.24) is 24.8 Å². The third-order valence-corrected chi connectivity index (χ3v) is 9.67. The van der Waals surface area contributed by atoms with Crippen LogP contribution in [-0.4, -0.2) is 49.7 Å². The van der Waals surface area contributed by atoms with Crippen LogP contribution in [0.3, 0.4) is 0 Å². The molecule has 8 heteroatoms. The standard InChI is InChI=1S/C42H43N5O2S/c1-3-23-46(41(48)25-31-11-7-5-8-12-31)29-39-43-27-37(45-39)35-19-15-33(16-20-35)34-17-21-36(22-18-34)38-28-44-40(50-38)30-47(24-4-2)42(49)26-32-13-9-6-10-14-32/h5-22,27-28H,3-4,23-26,29-30H2,1-2H3,(H,43,45). The maximum absolute atomic E-state index is 13.1. The number of H-pyrrole nitrogens is 1. The van der Waals surface area contributed by atoms with Crippen LogP contribution < -0.4 is 0 Å². The van der Waals surface area contributed by atoms with E-state index in [4.69, 9.17) is 0 Å². The lowest BCUT2D eigenvalue weighted by molar-refractivity contribution is -0.132. The Kier molecular flexibility index (Phi) is 11.6. The first-order valence-electron chi connectivity index (χ1n) is 17.3. The Labute approximate surface area is 298 Å². The van der Waals surface area contributed by atoms with E-state index in [2.05, 4.69) is 77.3 Å². The summed E-state index contributed by atoms with van der Waals surface area (Å²) in [5, 5.41) is 0.938. The van der Waals surface area contributed by atoms with E-state index in [1.165, 1.54) is 0 Å². The Bertz CT molecular complexity index is 1820. The molecule has 4 aromatic carbocycles. The van der Waals surface area contributed by atoms with Gasteiger partial charge in [0.2, 0.25) is 11.8 Å². The van der Waals surface area contributed by atoms with Crippen LogP contribution in [0.25, 0.3) is 32.8 Å². The minimum atomic E-state index is 0.104. The molecule has 2 aromatic heterocycles. The fourth-order valence-corrected chi connectivity index (χ4v) is 6.95. The maximum Gasteiger partial charge on any atom is 0.227 e. The molecule has 50 heavy (non-hydrogen) atoms. The smallest absolute Gasteiger partial charge is 0.227 e. The lowest BCUT2D eigenvalue weighted by Crippen LogP contribution is -2.33. The van der Waals surface area contributed by atoms with E-state index in [9.17, 15) is 9.59 Å². The van der Waals surface area contributed by atoms with Gasteiger partial charge in [-0.15, -0.1) is 11.3 Å². The molecular formula is C42H43N5O2S. The molecule has 6 rings (SSSR count). The average molecular weight is 682 g/mol. The molecule has 0 aliphatic carbocycles. The number of aromatic nitrogens is 3. The zero-order valence-electron chi connectivity index (χ0n) is 28.7. The van der Waals surface area contributed by atoms with Crippen LogP contribution in [0.1, 0.15) is 48.6 Å². The SMILES string of the molecule is CCCN(Cc1ncc(-c2ccc(-c3ccc(-c4cnc(CN(CCC)C(=O)Cc5ccccc5)s4)cc3)cc2)[nH]1)C(=O)Cc1ccccc1. The zero-order valence-corrected chi connectivity index (χ0v) is 29.5. The fraction of sp³-hybridized carbons (Fsp3) is 0.238. The van der Waals surface area contributed by atoms with Crippen LogP contribution in [0.15, 0.2) is 122 Å². The van der Waals surface area contributed by atoms with E-state index in [1.807, 2.05) is 82.9 Å². The highest BCUT2D eigenvalue weighted by atomic mass is 32.1. The van der Waals surface area contributed by atoms with E-state index in [0.717, 1.165) is 67.6 Å². The van der Waals surface area contributed by atoms with Gasteiger partial charge in [-0.05, 0) is 46.2 Å². The monoisotopic (exact) mass is 681 g/mol. The van der Waals surface area contributed by atoms with E-state index >= 15 is 0 Å². The summed E-state index contributed by atoms with van der Waals surface area (Å²) in [7, 11) is 0. The largest absolute Gasteiger partial charge is 0.341 e. The molecule has 6 aromatic rings. The first-order valence-corrected chi connectivity index (χ1v) is 18.1. The first-order chi connectivity index (χ1) is 24.5. The van der Waals surface area contributed by atoms with Gasteiger partial charge in [0.1, 0.15) is 10.8 Å². The summed E-state index contributed by atoms with van der Waals surface area (Å²) >= 11 is 1.64. The average Bonchev–Trinajstić information content (AvgIpc) is 3.82. The van der Waals surface area contributed by atoms with Crippen molar-refractivity contribution >= 4 is 23.2 Å². The van der Waals surface area contributed by atoms with Gasteiger partial charge < -0.3 is 14.8 Å². The van der Waals surface area contributed by atoms with Gasteiger partial charge in [-0.25, -0.2) is 9.97 Å². The summed E-state index contributed by atoms with van der Waals surface area (Å²) in [4.78, 5) is 43.7. The van der Waals surface area contributed by atoms with E-state index in [0.29, 0.717) is 39.0 Å². The van der Waals surface area contributed by atoms with E-state index < -0.39 is 0 Å². The van der Waals surface area contributed by atoms with Gasteiger partial charge >= 0.3 is 0 Å². The molecule has 0 atom stereocenters. The number of nitrogens with zero attached hydrogens (tertiary/aromatic N) is 4. The highest BCUT2D eigenvalue weighted by molar-refractivity contribution is 7.15. The molecular weight excluding hydrogens is 639 g/mol. The second kappa shape index (κ2) is 16.9. The number of thiazole rings is 1. The minimum absolute atomic E-state index is 0.104. The molecule has 0 saturated carbocycles. The number of carbonyl (C=O) groups excluding carboxylic acids is 2. The van der Waals surface area contributed by atoms with Crippen LogP contribution >= 0.6 is 11.3 Å². The van der Waals surface area contributed by atoms with Crippen molar-refractivity contribution in [3.05, 3.63) is 144 Å². The molecule has 0 radical (unpaired) electrons. The number of aromatic amines is 1. The second-order valence-electron chi connectivity index (χ2n) is 12.5. The zero-order chi connectivity index (χ0) is 34.7. The summed E-state index contributed by atoms with van der Waals surface area (Å²) in [6.07, 6.45) is 6.33. The minimum Gasteiger partial charge on any atom is -0.341 e. The Balaban J connectivity index is 1.06. The van der Waals surface area contributed by atoms with Crippen molar-refractivity contribution in [2.45, 2.75) is 52.6 Å². The molecule has 254 valence electrons. The lowest BCUT2D eigenvalue weighted by Gasteiger charge is -2.21. The second-order valence-corrected chi connectivity index (χ2v) is 13.6. The Morgan fingerprint density at radius 1 is 0.600 bits per heavy atom. The Morgan fingerprint density at radius 2 is 1.10 bits per heavy atom. The van der Waals surface area contributed by atoms with Crippen LogP contribution in [0.4, 0.5) is 0 Å². The fourth-order valence-electron chi connectivity index (χ4n) is 6.01. The number of carbonyl (C=O) groups is 2. The molecule has 0 bridgehead atoms. The molecule has 2 amide bonds. The van der Waals surface area contributed by atoms with Gasteiger partial charge in [0.25, 0.3) is 0 Å². The van der Waals surface area contributed by atoms with Gasteiger partial charge in [0, 0.05) is 19.3 Å². The van der Waals surface area contributed by atoms with Gasteiger partial charge in [0.15, 0.2) is 0 Å². The lowest BCUT2D eigenvalue weighted by atomic mass is 10.0. The highest BCUT2D eigenvalue weighted by Gasteiger charge is 2.18. The quantitative estimate of drug-likeness (QED) is 0.117. The predicted molar refractivity (Wildman–Crippen MR) is 202 cm³/mol. The molecule has 0 fully saturated rings. The number of rotatable bonds is 15. The summed E-state index contributed by atoms with van der Waals surface area (Å²) in [5.41, 5.74) is 7.37. The van der Waals surface area contributed by atoms with Crippen molar-refractivity contribution in [1.29, 1.82) is 0 Å².